The highest BCUT2D eigenvalue weighted by atomic mass is 32.2. The van der Waals surface area contributed by atoms with Crippen molar-refractivity contribution in [3.8, 4) is 0 Å². The predicted molar refractivity (Wildman–Crippen MR) is 72.0 cm³/mol. The van der Waals surface area contributed by atoms with E-state index >= 15 is 0 Å². The number of aliphatic carboxylic acids is 1. The van der Waals surface area contributed by atoms with Crippen molar-refractivity contribution in [2.75, 3.05) is 12.8 Å². The molecule has 0 aliphatic heterocycles. The molecule has 4 nitrogen and oxygen atoms in total. The van der Waals surface area contributed by atoms with Crippen molar-refractivity contribution in [3.05, 3.63) is 29.8 Å². The van der Waals surface area contributed by atoms with Crippen molar-refractivity contribution in [3.63, 3.8) is 0 Å². The van der Waals surface area contributed by atoms with Crippen LogP contribution in [-0.4, -0.2) is 29.8 Å². The second-order valence-electron chi connectivity index (χ2n) is 4.14. The molecular formula is C13H17NO3S. The number of rotatable bonds is 6. The fourth-order valence-electron chi connectivity index (χ4n) is 1.48. The molecule has 0 saturated heterocycles. The van der Waals surface area contributed by atoms with Crippen LogP contribution in [0.25, 0.3) is 0 Å². The molecule has 2 N–H and O–H groups in total. The summed E-state index contributed by atoms with van der Waals surface area (Å²) >= 11 is 1.62. The van der Waals surface area contributed by atoms with Crippen LogP contribution in [0.3, 0.4) is 0 Å². The van der Waals surface area contributed by atoms with Crippen LogP contribution in [0.2, 0.25) is 0 Å². The van der Waals surface area contributed by atoms with E-state index in [9.17, 15) is 9.59 Å². The zero-order valence-electron chi connectivity index (χ0n) is 10.5. The van der Waals surface area contributed by atoms with E-state index in [1.54, 1.807) is 30.8 Å². The minimum absolute atomic E-state index is 0.0612. The van der Waals surface area contributed by atoms with E-state index in [2.05, 4.69) is 5.32 Å². The van der Waals surface area contributed by atoms with Crippen molar-refractivity contribution in [1.29, 1.82) is 0 Å². The number of carbonyl (C=O) groups is 2. The fourth-order valence-corrected chi connectivity index (χ4v) is 1.89. The van der Waals surface area contributed by atoms with Gasteiger partial charge in [0.05, 0.1) is 0 Å². The van der Waals surface area contributed by atoms with Crippen molar-refractivity contribution in [2.24, 2.45) is 5.92 Å². The van der Waals surface area contributed by atoms with Crippen LogP contribution >= 0.6 is 11.8 Å². The molecule has 1 atom stereocenters. The molecule has 1 amide bonds. The van der Waals surface area contributed by atoms with E-state index in [1.807, 2.05) is 18.4 Å². The topological polar surface area (TPSA) is 66.4 Å². The van der Waals surface area contributed by atoms with Gasteiger partial charge in [0.25, 0.3) is 5.91 Å². The highest BCUT2D eigenvalue weighted by molar-refractivity contribution is 7.98. The zero-order chi connectivity index (χ0) is 13.5. The molecule has 0 saturated carbocycles. The van der Waals surface area contributed by atoms with E-state index in [4.69, 9.17) is 5.11 Å². The van der Waals surface area contributed by atoms with Gasteiger partial charge in [-0.3, -0.25) is 9.59 Å². The van der Waals surface area contributed by atoms with Crippen molar-refractivity contribution in [1.82, 2.24) is 5.32 Å². The molecule has 0 bridgehead atoms. The second-order valence-corrected chi connectivity index (χ2v) is 5.02. The standard InChI is InChI=1S/C13H17NO3S/c1-9(7-12(15)16)8-14-13(17)10-3-5-11(18-2)6-4-10/h3-6,9H,7-8H2,1-2H3,(H,14,17)(H,15,16). The van der Waals surface area contributed by atoms with Crippen LogP contribution in [-0.2, 0) is 4.79 Å². The Morgan fingerprint density at radius 1 is 1.33 bits per heavy atom. The quantitative estimate of drug-likeness (QED) is 0.776. The monoisotopic (exact) mass is 267 g/mol. The first-order valence-electron chi connectivity index (χ1n) is 5.67. The van der Waals surface area contributed by atoms with Crippen LogP contribution in [0.4, 0.5) is 0 Å². The Balaban J connectivity index is 2.47. The van der Waals surface area contributed by atoms with Crippen molar-refractivity contribution in [2.45, 2.75) is 18.2 Å². The van der Waals surface area contributed by atoms with Gasteiger partial charge in [0.15, 0.2) is 0 Å². The zero-order valence-corrected chi connectivity index (χ0v) is 11.3. The first-order chi connectivity index (χ1) is 8.52. The smallest absolute Gasteiger partial charge is 0.303 e. The number of hydrogen-bond donors (Lipinski definition) is 2. The van der Waals surface area contributed by atoms with Gasteiger partial charge in [0.2, 0.25) is 0 Å². The molecule has 1 rings (SSSR count). The van der Waals surface area contributed by atoms with Crippen molar-refractivity contribution < 1.29 is 14.7 Å². The molecule has 0 fully saturated rings. The third-order valence-electron chi connectivity index (χ3n) is 2.49. The van der Waals surface area contributed by atoms with E-state index in [0.29, 0.717) is 12.1 Å². The SMILES string of the molecule is CSc1ccc(C(=O)NCC(C)CC(=O)O)cc1. The lowest BCUT2D eigenvalue weighted by Crippen LogP contribution is -2.29. The average Bonchev–Trinajstić information content (AvgIpc) is 2.35. The molecule has 98 valence electrons. The Bertz CT molecular complexity index is 417. The van der Waals surface area contributed by atoms with Gasteiger partial charge in [0, 0.05) is 23.4 Å². The summed E-state index contributed by atoms with van der Waals surface area (Å²) in [5.41, 5.74) is 0.593. The highest BCUT2D eigenvalue weighted by Gasteiger charge is 2.10. The number of carboxylic acids is 1. The van der Waals surface area contributed by atoms with Gasteiger partial charge in [-0.1, -0.05) is 6.92 Å². The molecule has 1 unspecified atom stereocenters. The molecule has 0 heterocycles. The van der Waals surface area contributed by atoms with E-state index in [-0.39, 0.29) is 18.2 Å². The number of hydrogen-bond acceptors (Lipinski definition) is 3. The summed E-state index contributed by atoms with van der Waals surface area (Å²) in [6.07, 6.45) is 2.04. The van der Waals surface area contributed by atoms with Crippen LogP contribution in [0.5, 0.6) is 0 Å². The third-order valence-corrected chi connectivity index (χ3v) is 3.23. The van der Waals surface area contributed by atoms with Gasteiger partial charge in [-0.25, -0.2) is 0 Å². The summed E-state index contributed by atoms with van der Waals surface area (Å²) in [4.78, 5) is 23.4. The Morgan fingerprint density at radius 3 is 2.44 bits per heavy atom. The normalized spacial score (nSPS) is 11.9. The minimum Gasteiger partial charge on any atom is -0.481 e. The lowest BCUT2D eigenvalue weighted by Gasteiger charge is -2.10. The maximum Gasteiger partial charge on any atom is 0.303 e. The second kappa shape index (κ2) is 7.06. The van der Waals surface area contributed by atoms with Gasteiger partial charge in [-0.05, 0) is 36.4 Å². The van der Waals surface area contributed by atoms with Gasteiger partial charge < -0.3 is 10.4 Å². The van der Waals surface area contributed by atoms with Crippen LogP contribution in [0.15, 0.2) is 29.2 Å². The lowest BCUT2D eigenvalue weighted by molar-refractivity contribution is -0.137. The highest BCUT2D eigenvalue weighted by Crippen LogP contribution is 2.14. The van der Waals surface area contributed by atoms with E-state index in [0.717, 1.165) is 4.90 Å². The third kappa shape index (κ3) is 4.79. The van der Waals surface area contributed by atoms with Gasteiger partial charge in [-0.15, -0.1) is 11.8 Å². The van der Waals surface area contributed by atoms with Gasteiger partial charge >= 0.3 is 5.97 Å². The van der Waals surface area contributed by atoms with Crippen LogP contribution in [0, 0.1) is 5.92 Å². The molecule has 0 spiro atoms. The largest absolute Gasteiger partial charge is 0.481 e. The number of amides is 1. The molecule has 18 heavy (non-hydrogen) atoms. The molecule has 0 aromatic heterocycles. The van der Waals surface area contributed by atoms with Crippen LogP contribution in [0.1, 0.15) is 23.7 Å². The summed E-state index contributed by atoms with van der Waals surface area (Å²) < 4.78 is 0. The predicted octanol–water partition coefficient (Wildman–Crippen LogP) is 2.25. The first-order valence-corrected chi connectivity index (χ1v) is 6.89. The van der Waals surface area contributed by atoms with E-state index < -0.39 is 5.97 Å². The fraction of sp³-hybridized carbons (Fsp3) is 0.385. The number of carboxylic acid groups (broad SMARTS) is 1. The summed E-state index contributed by atoms with van der Waals surface area (Å²) in [5, 5.41) is 11.3. The van der Waals surface area contributed by atoms with Crippen LogP contribution < -0.4 is 5.32 Å². The summed E-state index contributed by atoms with van der Waals surface area (Å²) in [6, 6.07) is 7.31. The number of carbonyl (C=O) groups excluding carboxylic acids is 1. The minimum atomic E-state index is -0.846. The average molecular weight is 267 g/mol. The Labute approximate surface area is 111 Å². The summed E-state index contributed by atoms with van der Waals surface area (Å²) in [7, 11) is 0. The molecule has 5 heteroatoms. The molecule has 1 aromatic carbocycles. The molecule has 0 radical (unpaired) electrons. The first kappa shape index (κ1) is 14.6. The summed E-state index contributed by atoms with van der Waals surface area (Å²) in [6.45, 7) is 2.17. The number of benzene rings is 1. The maximum atomic E-state index is 11.8. The molecule has 1 aromatic rings. The number of nitrogens with one attached hydrogen (secondary N) is 1. The summed E-state index contributed by atoms with van der Waals surface area (Å²) in [5.74, 6) is -1.09. The number of thioether (sulfide) groups is 1. The van der Waals surface area contributed by atoms with Gasteiger partial charge in [0.1, 0.15) is 0 Å². The van der Waals surface area contributed by atoms with Crippen molar-refractivity contribution >= 4 is 23.6 Å². The molecule has 0 aliphatic rings. The molecule has 0 aliphatic carbocycles. The Hall–Kier alpha value is -1.49. The lowest BCUT2D eigenvalue weighted by atomic mass is 10.1. The maximum absolute atomic E-state index is 11.8. The van der Waals surface area contributed by atoms with Gasteiger partial charge in [-0.2, -0.15) is 0 Å². The Kier molecular flexibility index (Phi) is 5.71. The van der Waals surface area contributed by atoms with E-state index in [1.165, 1.54) is 0 Å². The molecular weight excluding hydrogens is 250 g/mol. The Morgan fingerprint density at radius 2 is 1.94 bits per heavy atom.